The SMILES string of the molecule is CCC(=O)C=C(C)Br. The van der Waals surface area contributed by atoms with Crippen LogP contribution in [0.25, 0.3) is 0 Å². The van der Waals surface area contributed by atoms with E-state index in [0.29, 0.717) is 6.42 Å². The van der Waals surface area contributed by atoms with E-state index in [0.717, 1.165) is 4.48 Å². The van der Waals surface area contributed by atoms with Crippen molar-refractivity contribution in [1.29, 1.82) is 0 Å². The number of halogens is 1. The van der Waals surface area contributed by atoms with E-state index < -0.39 is 0 Å². The summed E-state index contributed by atoms with van der Waals surface area (Å²) in [7, 11) is 0. The Morgan fingerprint density at radius 3 is 2.38 bits per heavy atom. The first-order chi connectivity index (χ1) is 3.66. The summed E-state index contributed by atoms with van der Waals surface area (Å²) in [6.07, 6.45) is 2.17. The molecule has 0 aromatic carbocycles. The highest BCUT2D eigenvalue weighted by Gasteiger charge is 1.89. The predicted octanol–water partition coefficient (Wildman–Crippen LogP) is 2.26. The standard InChI is InChI=1S/C6H9BrO/c1-3-6(8)4-5(2)7/h4H,3H2,1-2H3. The third-order valence-electron chi connectivity index (χ3n) is 0.708. The van der Waals surface area contributed by atoms with Crippen LogP contribution in [0.1, 0.15) is 20.3 Å². The molecule has 0 rings (SSSR count). The lowest BCUT2D eigenvalue weighted by Gasteiger charge is -1.83. The van der Waals surface area contributed by atoms with Crippen molar-refractivity contribution in [2.75, 3.05) is 0 Å². The fraction of sp³-hybridized carbons (Fsp3) is 0.500. The molecule has 0 aliphatic rings. The lowest BCUT2D eigenvalue weighted by atomic mass is 10.3. The first-order valence-corrected chi connectivity index (χ1v) is 3.32. The van der Waals surface area contributed by atoms with E-state index in [1.54, 1.807) is 6.08 Å². The first kappa shape index (κ1) is 7.89. The summed E-state index contributed by atoms with van der Waals surface area (Å²) in [5.41, 5.74) is 0. The third kappa shape index (κ3) is 4.06. The fourth-order valence-corrected chi connectivity index (χ4v) is 0.579. The van der Waals surface area contributed by atoms with Crippen LogP contribution in [0.5, 0.6) is 0 Å². The molecule has 0 spiro atoms. The van der Waals surface area contributed by atoms with Gasteiger partial charge in [-0.1, -0.05) is 22.9 Å². The molecule has 0 aliphatic carbocycles. The maximum absolute atomic E-state index is 10.5. The Bertz CT molecular complexity index is 112. The Morgan fingerprint density at radius 1 is 1.75 bits per heavy atom. The van der Waals surface area contributed by atoms with Crippen LogP contribution in [0.15, 0.2) is 10.6 Å². The summed E-state index contributed by atoms with van der Waals surface area (Å²) < 4.78 is 0.893. The molecule has 0 aromatic heterocycles. The Hall–Kier alpha value is -0.110. The predicted molar refractivity (Wildman–Crippen MR) is 38.0 cm³/mol. The summed E-state index contributed by atoms with van der Waals surface area (Å²) >= 11 is 3.16. The van der Waals surface area contributed by atoms with Crippen molar-refractivity contribution in [2.45, 2.75) is 20.3 Å². The molecule has 0 saturated carbocycles. The van der Waals surface area contributed by atoms with E-state index in [-0.39, 0.29) is 5.78 Å². The summed E-state index contributed by atoms with van der Waals surface area (Å²) in [4.78, 5) is 10.5. The summed E-state index contributed by atoms with van der Waals surface area (Å²) in [5, 5.41) is 0. The van der Waals surface area contributed by atoms with Gasteiger partial charge in [-0.05, 0) is 17.5 Å². The van der Waals surface area contributed by atoms with Gasteiger partial charge < -0.3 is 0 Å². The molecule has 0 fully saturated rings. The van der Waals surface area contributed by atoms with Crippen LogP contribution in [0, 0.1) is 0 Å². The van der Waals surface area contributed by atoms with Crippen molar-refractivity contribution in [3.8, 4) is 0 Å². The number of allylic oxidation sites excluding steroid dienone is 2. The van der Waals surface area contributed by atoms with Gasteiger partial charge in [-0.2, -0.15) is 0 Å². The molecule has 0 amide bonds. The molecular weight excluding hydrogens is 168 g/mol. The molecule has 0 saturated heterocycles. The maximum atomic E-state index is 10.5. The molecule has 46 valence electrons. The van der Waals surface area contributed by atoms with Crippen molar-refractivity contribution >= 4 is 21.7 Å². The van der Waals surface area contributed by atoms with Gasteiger partial charge in [0, 0.05) is 6.42 Å². The summed E-state index contributed by atoms with van der Waals surface area (Å²) in [6.45, 7) is 3.68. The Labute approximate surface area is 57.9 Å². The van der Waals surface area contributed by atoms with Crippen LogP contribution in [-0.2, 0) is 4.79 Å². The summed E-state index contributed by atoms with van der Waals surface area (Å²) in [6, 6.07) is 0. The van der Waals surface area contributed by atoms with Crippen molar-refractivity contribution in [2.24, 2.45) is 0 Å². The molecule has 0 radical (unpaired) electrons. The third-order valence-corrected chi connectivity index (χ3v) is 0.937. The lowest BCUT2D eigenvalue weighted by molar-refractivity contribution is -0.114. The topological polar surface area (TPSA) is 17.1 Å². The zero-order valence-corrected chi connectivity index (χ0v) is 6.66. The van der Waals surface area contributed by atoms with Crippen LogP contribution in [0.2, 0.25) is 0 Å². The number of hydrogen-bond acceptors (Lipinski definition) is 1. The zero-order valence-electron chi connectivity index (χ0n) is 5.07. The van der Waals surface area contributed by atoms with Crippen LogP contribution < -0.4 is 0 Å². The van der Waals surface area contributed by atoms with Gasteiger partial charge in [0.1, 0.15) is 0 Å². The van der Waals surface area contributed by atoms with Crippen LogP contribution >= 0.6 is 15.9 Å². The van der Waals surface area contributed by atoms with E-state index in [9.17, 15) is 4.79 Å². The zero-order chi connectivity index (χ0) is 6.57. The molecule has 0 N–H and O–H groups in total. The smallest absolute Gasteiger partial charge is 0.156 e. The van der Waals surface area contributed by atoms with Crippen LogP contribution in [-0.4, -0.2) is 5.78 Å². The van der Waals surface area contributed by atoms with Crippen LogP contribution in [0.4, 0.5) is 0 Å². The van der Waals surface area contributed by atoms with Gasteiger partial charge >= 0.3 is 0 Å². The van der Waals surface area contributed by atoms with Crippen LogP contribution in [0.3, 0.4) is 0 Å². The van der Waals surface area contributed by atoms with Gasteiger partial charge in [-0.25, -0.2) is 0 Å². The maximum Gasteiger partial charge on any atom is 0.156 e. The minimum Gasteiger partial charge on any atom is -0.295 e. The average molecular weight is 177 g/mol. The molecule has 8 heavy (non-hydrogen) atoms. The minimum atomic E-state index is 0.166. The Balaban J connectivity index is 3.70. The highest BCUT2D eigenvalue weighted by atomic mass is 79.9. The monoisotopic (exact) mass is 176 g/mol. The van der Waals surface area contributed by atoms with Crippen molar-refractivity contribution < 1.29 is 4.79 Å². The highest BCUT2D eigenvalue weighted by Crippen LogP contribution is 2.01. The van der Waals surface area contributed by atoms with E-state index in [1.807, 2.05) is 13.8 Å². The fourth-order valence-electron chi connectivity index (χ4n) is 0.324. The normalized spacial score (nSPS) is 11.6. The lowest BCUT2D eigenvalue weighted by Crippen LogP contribution is -1.86. The molecule has 0 aromatic rings. The second-order valence-electron chi connectivity index (χ2n) is 1.55. The molecule has 2 heteroatoms. The van der Waals surface area contributed by atoms with Crippen molar-refractivity contribution in [3.63, 3.8) is 0 Å². The second kappa shape index (κ2) is 3.84. The molecule has 0 bridgehead atoms. The molecule has 1 nitrogen and oxygen atoms in total. The first-order valence-electron chi connectivity index (χ1n) is 2.53. The molecule has 0 unspecified atom stereocenters. The highest BCUT2D eigenvalue weighted by molar-refractivity contribution is 9.11. The van der Waals surface area contributed by atoms with E-state index in [1.165, 1.54) is 0 Å². The number of carbonyl (C=O) groups is 1. The second-order valence-corrected chi connectivity index (χ2v) is 2.80. The minimum absolute atomic E-state index is 0.166. The van der Waals surface area contributed by atoms with Gasteiger partial charge in [-0.3, -0.25) is 4.79 Å². The average Bonchev–Trinajstić information content (AvgIpc) is 1.65. The number of hydrogen-bond donors (Lipinski definition) is 0. The van der Waals surface area contributed by atoms with Crippen molar-refractivity contribution in [3.05, 3.63) is 10.6 Å². The summed E-state index contributed by atoms with van der Waals surface area (Å²) in [5.74, 6) is 0.166. The number of ketones is 1. The molecular formula is C6H9BrO. The Morgan fingerprint density at radius 2 is 2.25 bits per heavy atom. The van der Waals surface area contributed by atoms with Gasteiger partial charge in [0.25, 0.3) is 0 Å². The number of rotatable bonds is 2. The van der Waals surface area contributed by atoms with Gasteiger partial charge in [0.15, 0.2) is 5.78 Å². The van der Waals surface area contributed by atoms with Gasteiger partial charge in [0.05, 0.1) is 0 Å². The van der Waals surface area contributed by atoms with E-state index in [4.69, 9.17) is 0 Å². The quantitative estimate of drug-likeness (QED) is 0.591. The van der Waals surface area contributed by atoms with E-state index >= 15 is 0 Å². The Kier molecular flexibility index (Phi) is 3.79. The molecule has 0 atom stereocenters. The number of carbonyl (C=O) groups excluding carboxylic acids is 1. The van der Waals surface area contributed by atoms with E-state index in [2.05, 4.69) is 15.9 Å². The van der Waals surface area contributed by atoms with Gasteiger partial charge in [-0.15, -0.1) is 0 Å². The van der Waals surface area contributed by atoms with Gasteiger partial charge in [0.2, 0.25) is 0 Å². The van der Waals surface area contributed by atoms with Crippen molar-refractivity contribution in [1.82, 2.24) is 0 Å². The molecule has 0 aliphatic heterocycles. The molecule has 0 heterocycles. The largest absolute Gasteiger partial charge is 0.295 e.